The minimum atomic E-state index is -0.881. The second kappa shape index (κ2) is 8.53. The predicted octanol–water partition coefficient (Wildman–Crippen LogP) is 2.26. The molecular weight excluding hydrogens is 380 g/mol. The standard InChI is InChI=1S/C19H19ClN6O2/c1-11-5-4-6-12(9-11)22-18(21)26-19-24-15(17(28)25-19)10-16(27)23-14-8-3-2-7-13(14)20/h2-9,15H,10H2,1H3,(H,23,27)(H4,21,22,24,25,26,28). The molecule has 144 valence electrons. The van der Waals surface area contributed by atoms with E-state index in [1.54, 1.807) is 24.3 Å². The number of carbonyl (C=O) groups excluding carboxylic acids is 2. The van der Waals surface area contributed by atoms with Gasteiger partial charge in [-0.15, -0.1) is 0 Å². The highest BCUT2D eigenvalue weighted by molar-refractivity contribution is 6.33. The number of rotatable bonds is 4. The summed E-state index contributed by atoms with van der Waals surface area (Å²) in [4.78, 5) is 32.4. The van der Waals surface area contributed by atoms with Crippen molar-refractivity contribution >= 4 is 46.7 Å². The summed E-state index contributed by atoms with van der Waals surface area (Å²) in [5.74, 6) is -0.673. The summed E-state index contributed by atoms with van der Waals surface area (Å²) in [6.07, 6.45) is -0.138. The van der Waals surface area contributed by atoms with Crippen molar-refractivity contribution in [2.24, 2.45) is 15.7 Å². The van der Waals surface area contributed by atoms with Crippen LogP contribution in [0.5, 0.6) is 0 Å². The molecule has 1 aliphatic rings. The molecule has 0 aromatic heterocycles. The molecule has 0 aliphatic carbocycles. The van der Waals surface area contributed by atoms with Gasteiger partial charge in [0.2, 0.25) is 17.8 Å². The van der Waals surface area contributed by atoms with E-state index in [0.717, 1.165) is 11.3 Å². The van der Waals surface area contributed by atoms with Crippen molar-refractivity contribution in [3.05, 3.63) is 59.1 Å². The normalized spacial score (nSPS) is 16.4. The van der Waals surface area contributed by atoms with Gasteiger partial charge in [0.15, 0.2) is 0 Å². The van der Waals surface area contributed by atoms with Crippen molar-refractivity contribution in [3.8, 4) is 0 Å². The first-order chi connectivity index (χ1) is 13.4. The van der Waals surface area contributed by atoms with Crippen LogP contribution in [0.15, 0.2) is 58.5 Å². The Hall–Kier alpha value is -3.39. The summed E-state index contributed by atoms with van der Waals surface area (Å²) in [5, 5.41) is 8.50. The molecule has 2 aromatic rings. The number of hydrogen-bond acceptors (Lipinski definition) is 4. The molecule has 1 aliphatic heterocycles. The van der Waals surface area contributed by atoms with Gasteiger partial charge in [0.1, 0.15) is 6.04 Å². The fourth-order valence-electron chi connectivity index (χ4n) is 2.58. The van der Waals surface area contributed by atoms with E-state index in [1.165, 1.54) is 0 Å². The number of halogens is 1. The summed E-state index contributed by atoms with van der Waals surface area (Å²) in [6, 6.07) is 13.5. The summed E-state index contributed by atoms with van der Waals surface area (Å²) in [6.45, 7) is 1.96. The van der Waals surface area contributed by atoms with Crippen LogP contribution in [0.2, 0.25) is 5.02 Å². The Bertz CT molecular complexity index is 972. The van der Waals surface area contributed by atoms with Crippen molar-refractivity contribution in [1.29, 1.82) is 0 Å². The van der Waals surface area contributed by atoms with Gasteiger partial charge in [-0.1, -0.05) is 35.9 Å². The highest BCUT2D eigenvalue weighted by Crippen LogP contribution is 2.21. The minimum Gasteiger partial charge on any atom is -0.369 e. The molecule has 0 fully saturated rings. The van der Waals surface area contributed by atoms with Crippen molar-refractivity contribution in [1.82, 2.24) is 5.32 Å². The van der Waals surface area contributed by atoms with E-state index >= 15 is 0 Å². The third-order valence-electron chi connectivity index (χ3n) is 3.86. The van der Waals surface area contributed by atoms with Crippen molar-refractivity contribution < 1.29 is 9.59 Å². The van der Waals surface area contributed by atoms with Crippen LogP contribution >= 0.6 is 11.6 Å². The SMILES string of the molecule is Cc1cccc(N/C(N)=N/C2=NC(CC(=O)Nc3ccccc3Cl)C(=O)N2)c1. The number of hydrogen-bond donors (Lipinski definition) is 4. The molecule has 0 saturated carbocycles. The summed E-state index contributed by atoms with van der Waals surface area (Å²) in [5.41, 5.74) is 8.16. The van der Waals surface area contributed by atoms with Gasteiger partial charge >= 0.3 is 0 Å². The number of nitrogens with two attached hydrogens (primary N) is 1. The van der Waals surface area contributed by atoms with Gasteiger partial charge in [0.05, 0.1) is 17.1 Å². The molecule has 0 bridgehead atoms. The molecule has 5 N–H and O–H groups in total. The summed E-state index contributed by atoms with van der Waals surface area (Å²) < 4.78 is 0. The Morgan fingerprint density at radius 2 is 2.04 bits per heavy atom. The fourth-order valence-corrected chi connectivity index (χ4v) is 2.76. The van der Waals surface area contributed by atoms with E-state index in [-0.39, 0.29) is 24.2 Å². The van der Waals surface area contributed by atoms with Crippen LogP contribution in [0.25, 0.3) is 0 Å². The van der Waals surface area contributed by atoms with Gasteiger partial charge in [-0.25, -0.2) is 4.99 Å². The molecule has 28 heavy (non-hydrogen) atoms. The maximum atomic E-state index is 12.2. The first kappa shape index (κ1) is 19.4. The molecule has 9 heteroatoms. The Labute approximate surface area is 166 Å². The van der Waals surface area contributed by atoms with E-state index in [2.05, 4.69) is 25.9 Å². The van der Waals surface area contributed by atoms with Crippen LogP contribution in [-0.4, -0.2) is 29.8 Å². The maximum absolute atomic E-state index is 12.2. The van der Waals surface area contributed by atoms with Crippen molar-refractivity contribution in [3.63, 3.8) is 0 Å². The van der Waals surface area contributed by atoms with Gasteiger partial charge in [-0.3, -0.25) is 14.9 Å². The second-order valence-corrected chi connectivity index (χ2v) is 6.59. The number of aliphatic imine (C=N–C) groups is 2. The van der Waals surface area contributed by atoms with Crippen molar-refractivity contribution in [2.45, 2.75) is 19.4 Å². The molecule has 1 atom stereocenters. The van der Waals surface area contributed by atoms with E-state index in [0.29, 0.717) is 10.7 Å². The van der Waals surface area contributed by atoms with E-state index in [9.17, 15) is 9.59 Å². The number of anilines is 2. The molecule has 2 amide bonds. The van der Waals surface area contributed by atoms with E-state index < -0.39 is 11.9 Å². The number of benzene rings is 2. The molecule has 8 nitrogen and oxygen atoms in total. The zero-order valence-electron chi connectivity index (χ0n) is 15.1. The highest BCUT2D eigenvalue weighted by atomic mass is 35.5. The van der Waals surface area contributed by atoms with E-state index in [1.807, 2.05) is 31.2 Å². The Morgan fingerprint density at radius 3 is 2.79 bits per heavy atom. The molecular formula is C19H19ClN6O2. The monoisotopic (exact) mass is 398 g/mol. The summed E-state index contributed by atoms with van der Waals surface area (Å²) >= 11 is 6.01. The Balaban J connectivity index is 1.62. The van der Waals surface area contributed by atoms with Crippen LogP contribution in [0.1, 0.15) is 12.0 Å². The molecule has 2 aromatic carbocycles. The zero-order valence-corrected chi connectivity index (χ0v) is 15.8. The fraction of sp³-hybridized carbons (Fsp3) is 0.158. The largest absolute Gasteiger partial charge is 0.369 e. The van der Waals surface area contributed by atoms with Crippen molar-refractivity contribution in [2.75, 3.05) is 10.6 Å². The summed E-state index contributed by atoms with van der Waals surface area (Å²) in [7, 11) is 0. The number of nitrogens with one attached hydrogen (secondary N) is 3. The highest BCUT2D eigenvalue weighted by Gasteiger charge is 2.28. The average Bonchev–Trinajstić information content (AvgIpc) is 2.95. The number of para-hydroxylation sites is 1. The maximum Gasteiger partial charge on any atom is 0.252 e. The van der Waals surface area contributed by atoms with Gasteiger partial charge in [-0.2, -0.15) is 4.99 Å². The number of carbonyl (C=O) groups is 2. The smallest absolute Gasteiger partial charge is 0.252 e. The molecule has 0 spiro atoms. The van der Waals surface area contributed by atoms with Crippen LogP contribution in [0, 0.1) is 6.92 Å². The third kappa shape index (κ3) is 5.08. The third-order valence-corrected chi connectivity index (χ3v) is 4.19. The van der Waals surface area contributed by atoms with Gasteiger partial charge in [-0.05, 0) is 36.8 Å². The van der Waals surface area contributed by atoms with Gasteiger partial charge in [0.25, 0.3) is 5.91 Å². The quantitative estimate of drug-likeness (QED) is 0.466. The lowest BCUT2D eigenvalue weighted by Crippen LogP contribution is -2.32. The van der Waals surface area contributed by atoms with Crippen LogP contribution < -0.4 is 21.7 Å². The first-order valence-electron chi connectivity index (χ1n) is 8.51. The zero-order chi connectivity index (χ0) is 20.1. The second-order valence-electron chi connectivity index (χ2n) is 6.18. The predicted molar refractivity (Wildman–Crippen MR) is 110 cm³/mol. The molecule has 0 saturated heterocycles. The Kier molecular flexibility index (Phi) is 5.90. The Morgan fingerprint density at radius 1 is 1.25 bits per heavy atom. The van der Waals surface area contributed by atoms with Gasteiger partial charge < -0.3 is 16.4 Å². The van der Waals surface area contributed by atoms with E-state index in [4.69, 9.17) is 17.3 Å². The molecule has 1 unspecified atom stereocenters. The lowest BCUT2D eigenvalue weighted by Gasteiger charge is -2.08. The molecule has 0 radical (unpaired) electrons. The first-order valence-corrected chi connectivity index (χ1v) is 8.89. The lowest BCUT2D eigenvalue weighted by molar-refractivity contribution is -0.123. The number of nitrogens with zero attached hydrogens (tertiary/aromatic N) is 2. The topological polar surface area (TPSA) is 121 Å². The van der Waals surface area contributed by atoms with Gasteiger partial charge in [0, 0.05) is 5.69 Å². The van der Waals surface area contributed by atoms with Crippen LogP contribution in [0.4, 0.5) is 11.4 Å². The van der Waals surface area contributed by atoms with Crippen LogP contribution in [0.3, 0.4) is 0 Å². The van der Waals surface area contributed by atoms with Crippen LogP contribution in [-0.2, 0) is 9.59 Å². The molecule has 3 rings (SSSR count). The number of aryl methyl sites for hydroxylation is 1. The lowest BCUT2D eigenvalue weighted by atomic mass is 10.2. The molecule has 1 heterocycles. The average molecular weight is 399 g/mol. The minimum absolute atomic E-state index is 0.0539. The number of amides is 2. The number of guanidine groups is 2.